The molecule has 2 heterocycles. The zero-order valence-electron chi connectivity index (χ0n) is 18.2. The quantitative estimate of drug-likeness (QED) is 0.529. The second kappa shape index (κ2) is 9.70. The van der Waals surface area contributed by atoms with Crippen molar-refractivity contribution in [1.82, 2.24) is 14.8 Å². The molecule has 34 heavy (non-hydrogen) atoms. The molecule has 1 aromatic heterocycles. The topological polar surface area (TPSA) is 54.3 Å². The van der Waals surface area contributed by atoms with Gasteiger partial charge in [-0.2, -0.15) is 13.2 Å². The summed E-state index contributed by atoms with van der Waals surface area (Å²) < 4.78 is 54.0. The molecule has 1 atom stereocenters. The first kappa shape index (κ1) is 23.5. The zero-order chi connectivity index (χ0) is 24.3. The van der Waals surface area contributed by atoms with Crippen molar-refractivity contribution in [1.29, 1.82) is 0 Å². The maximum absolute atomic E-state index is 13.4. The number of aromatic nitrogens is 1. The summed E-state index contributed by atoms with van der Waals surface area (Å²) in [4.78, 5) is 27.0. The Balaban J connectivity index is 1.38. The number of nitrogens with zero attached hydrogens (tertiary/aromatic N) is 2. The number of hydrogen-bond donors (Lipinski definition) is 1. The minimum Gasteiger partial charge on any atom is -0.352 e. The van der Waals surface area contributed by atoms with Gasteiger partial charge in [0.1, 0.15) is 5.82 Å². The molecule has 0 unspecified atom stereocenters. The van der Waals surface area contributed by atoms with E-state index in [0.717, 1.165) is 23.4 Å². The average molecular weight is 473 g/mol. The van der Waals surface area contributed by atoms with E-state index < -0.39 is 23.7 Å². The van der Waals surface area contributed by atoms with E-state index in [-0.39, 0.29) is 31.1 Å². The monoisotopic (exact) mass is 473 g/mol. The molecule has 1 aliphatic heterocycles. The first-order valence-electron chi connectivity index (χ1n) is 10.8. The molecule has 0 spiro atoms. The van der Waals surface area contributed by atoms with Crippen LogP contribution in [0, 0.1) is 5.82 Å². The minimum absolute atomic E-state index is 0.0488. The Morgan fingerprint density at radius 2 is 1.74 bits per heavy atom. The summed E-state index contributed by atoms with van der Waals surface area (Å²) in [5, 5.41) is 2.57. The lowest BCUT2D eigenvalue weighted by molar-refractivity contribution is -0.137. The van der Waals surface area contributed by atoms with E-state index in [0.29, 0.717) is 18.7 Å². The summed E-state index contributed by atoms with van der Waals surface area (Å²) in [5.41, 5.74) is 1.21. The van der Waals surface area contributed by atoms with Gasteiger partial charge in [-0.3, -0.25) is 9.59 Å². The fourth-order valence-electron chi connectivity index (χ4n) is 4.16. The van der Waals surface area contributed by atoms with Gasteiger partial charge in [-0.1, -0.05) is 24.3 Å². The van der Waals surface area contributed by atoms with Crippen LogP contribution in [0.25, 0.3) is 0 Å². The number of carbonyl (C=O) groups is 2. The molecule has 0 bridgehead atoms. The molecule has 178 valence electrons. The largest absolute Gasteiger partial charge is 0.416 e. The van der Waals surface area contributed by atoms with E-state index in [1.165, 1.54) is 24.3 Å². The molecule has 0 saturated carbocycles. The van der Waals surface area contributed by atoms with Crippen LogP contribution in [-0.2, 0) is 28.9 Å². The summed E-state index contributed by atoms with van der Waals surface area (Å²) in [6.07, 6.45) is -2.67. The van der Waals surface area contributed by atoms with Crippen molar-refractivity contribution in [2.24, 2.45) is 0 Å². The van der Waals surface area contributed by atoms with Crippen LogP contribution in [0.5, 0.6) is 0 Å². The molecule has 5 nitrogen and oxygen atoms in total. The van der Waals surface area contributed by atoms with Gasteiger partial charge in [0.05, 0.1) is 11.6 Å². The van der Waals surface area contributed by atoms with Gasteiger partial charge in [-0.15, -0.1) is 0 Å². The van der Waals surface area contributed by atoms with E-state index in [1.54, 1.807) is 17.0 Å². The Bertz CT molecular complexity index is 1170. The van der Waals surface area contributed by atoms with Crippen molar-refractivity contribution in [3.05, 3.63) is 95.1 Å². The van der Waals surface area contributed by atoms with E-state index in [1.807, 2.05) is 22.9 Å². The van der Waals surface area contributed by atoms with E-state index in [2.05, 4.69) is 5.32 Å². The molecule has 0 radical (unpaired) electrons. The fourth-order valence-corrected chi connectivity index (χ4v) is 4.16. The van der Waals surface area contributed by atoms with Gasteiger partial charge in [-0.05, 0) is 47.5 Å². The third kappa shape index (κ3) is 5.30. The summed E-state index contributed by atoms with van der Waals surface area (Å²) in [5.74, 6) is -1.02. The SMILES string of the molecule is O=C(CCC(=O)N1CCn2cccc2[C@@H]1c1ccc(F)cc1)NCc1cccc(C(F)(F)F)c1. The lowest BCUT2D eigenvalue weighted by atomic mass is 9.99. The van der Waals surface area contributed by atoms with Crippen molar-refractivity contribution >= 4 is 11.8 Å². The van der Waals surface area contributed by atoms with Gasteiger partial charge in [0, 0.05) is 44.4 Å². The maximum Gasteiger partial charge on any atom is 0.416 e. The first-order chi connectivity index (χ1) is 16.2. The molecule has 2 amide bonds. The van der Waals surface area contributed by atoms with Crippen LogP contribution in [-0.4, -0.2) is 27.8 Å². The number of alkyl halides is 3. The number of rotatable bonds is 6. The fraction of sp³-hybridized carbons (Fsp3) is 0.280. The third-order valence-corrected chi connectivity index (χ3v) is 5.85. The highest BCUT2D eigenvalue weighted by Crippen LogP contribution is 2.33. The average Bonchev–Trinajstić information content (AvgIpc) is 3.30. The van der Waals surface area contributed by atoms with Crippen molar-refractivity contribution in [3.63, 3.8) is 0 Å². The molecule has 0 saturated heterocycles. The zero-order valence-corrected chi connectivity index (χ0v) is 18.2. The van der Waals surface area contributed by atoms with Crippen LogP contribution in [0.15, 0.2) is 66.9 Å². The summed E-state index contributed by atoms with van der Waals surface area (Å²) in [6.45, 7) is 0.980. The van der Waals surface area contributed by atoms with Crippen molar-refractivity contribution in [2.75, 3.05) is 6.54 Å². The molecule has 1 N–H and O–H groups in total. The van der Waals surface area contributed by atoms with Gasteiger partial charge < -0.3 is 14.8 Å². The number of amides is 2. The molecule has 3 aromatic rings. The second-order valence-electron chi connectivity index (χ2n) is 8.14. The Morgan fingerprint density at radius 1 is 0.971 bits per heavy atom. The molecule has 9 heteroatoms. The molecular weight excluding hydrogens is 450 g/mol. The smallest absolute Gasteiger partial charge is 0.352 e. The van der Waals surface area contributed by atoms with Gasteiger partial charge in [0.15, 0.2) is 0 Å². The number of hydrogen-bond acceptors (Lipinski definition) is 2. The summed E-state index contributed by atoms with van der Waals surface area (Å²) in [6, 6.07) is 14.1. The van der Waals surface area contributed by atoms with Crippen LogP contribution in [0.4, 0.5) is 17.6 Å². The van der Waals surface area contributed by atoms with Crippen LogP contribution in [0.2, 0.25) is 0 Å². The summed E-state index contributed by atoms with van der Waals surface area (Å²) in [7, 11) is 0. The predicted octanol–water partition coefficient (Wildman–Crippen LogP) is 4.67. The number of carbonyl (C=O) groups excluding carboxylic acids is 2. The normalized spacial score (nSPS) is 15.6. The Hall–Kier alpha value is -3.62. The summed E-state index contributed by atoms with van der Waals surface area (Å²) >= 11 is 0. The van der Waals surface area contributed by atoms with Gasteiger partial charge in [0.25, 0.3) is 0 Å². The highest BCUT2D eigenvalue weighted by Gasteiger charge is 2.32. The van der Waals surface area contributed by atoms with Crippen LogP contribution >= 0.6 is 0 Å². The second-order valence-corrected chi connectivity index (χ2v) is 8.14. The molecule has 0 aliphatic carbocycles. The lowest BCUT2D eigenvalue weighted by Gasteiger charge is -2.37. The van der Waals surface area contributed by atoms with Crippen molar-refractivity contribution in [2.45, 2.75) is 38.1 Å². The predicted molar refractivity (Wildman–Crippen MR) is 117 cm³/mol. The van der Waals surface area contributed by atoms with Crippen LogP contribution < -0.4 is 5.32 Å². The van der Waals surface area contributed by atoms with Gasteiger partial charge >= 0.3 is 6.18 Å². The molecule has 1 aliphatic rings. The molecule has 2 aromatic carbocycles. The first-order valence-corrected chi connectivity index (χ1v) is 10.8. The molecule has 4 rings (SSSR count). The number of fused-ring (bicyclic) bond motifs is 1. The van der Waals surface area contributed by atoms with E-state index in [4.69, 9.17) is 0 Å². The highest BCUT2D eigenvalue weighted by molar-refractivity contribution is 5.84. The number of nitrogens with one attached hydrogen (secondary N) is 1. The maximum atomic E-state index is 13.4. The highest BCUT2D eigenvalue weighted by atomic mass is 19.4. The Morgan fingerprint density at radius 3 is 2.47 bits per heavy atom. The molecular formula is C25H23F4N3O2. The van der Waals surface area contributed by atoms with Crippen LogP contribution in [0.1, 0.15) is 41.3 Å². The Kier molecular flexibility index (Phi) is 6.72. The third-order valence-electron chi connectivity index (χ3n) is 5.85. The lowest BCUT2D eigenvalue weighted by Crippen LogP contribution is -2.42. The molecule has 0 fully saturated rings. The van der Waals surface area contributed by atoms with Gasteiger partial charge in [0.2, 0.25) is 11.8 Å². The number of halogens is 4. The van der Waals surface area contributed by atoms with Crippen molar-refractivity contribution < 1.29 is 27.2 Å². The van der Waals surface area contributed by atoms with Crippen molar-refractivity contribution in [3.8, 4) is 0 Å². The van der Waals surface area contributed by atoms with E-state index >= 15 is 0 Å². The van der Waals surface area contributed by atoms with E-state index in [9.17, 15) is 27.2 Å². The standard InChI is InChI=1S/C25H23F4N3O2/c26-20-8-6-18(7-9-20)24-21-5-2-12-31(21)13-14-32(24)23(34)11-10-22(33)30-16-17-3-1-4-19(15-17)25(27,28)29/h1-9,12,15,24H,10-11,13-14,16H2,(H,30,33)/t24-/m0/s1. The minimum atomic E-state index is -4.46. The van der Waals surface area contributed by atoms with Gasteiger partial charge in [-0.25, -0.2) is 4.39 Å². The van der Waals surface area contributed by atoms with Crippen LogP contribution in [0.3, 0.4) is 0 Å². The Labute approximate surface area is 194 Å². The number of benzene rings is 2.